The first kappa shape index (κ1) is 18.0. The fraction of sp³-hybridized carbons (Fsp3) is 0.625. The standard InChI is InChI=1S/C16H27NO3S/c1-4-13-21(18,19)16-8-6-5-7-15(16)17-10-12-20-11-9-14(2)3/h5-8,14,17H,4,9-13H2,1-3H3. The van der Waals surface area contributed by atoms with Gasteiger partial charge in [-0.15, -0.1) is 0 Å². The summed E-state index contributed by atoms with van der Waals surface area (Å²) in [5.41, 5.74) is 0.665. The van der Waals surface area contributed by atoms with Crippen molar-refractivity contribution in [3.05, 3.63) is 24.3 Å². The van der Waals surface area contributed by atoms with Gasteiger partial charge in [-0.2, -0.15) is 0 Å². The highest BCUT2D eigenvalue weighted by molar-refractivity contribution is 7.91. The third-order valence-electron chi connectivity index (χ3n) is 3.10. The average molecular weight is 313 g/mol. The van der Waals surface area contributed by atoms with Crippen molar-refractivity contribution in [2.75, 3.05) is 30.8 Å². The van der Waals surface area contributed by atoms with E-state index in [-0.39, 0.29) is 5.75 Å². The topological polar surface area (TPSA) is 55.4 Å². The Morgan fingerprint density at radius 3 is 2.57 bits per heavy atom. The Morgan fingerprint density at radius 1 is 1.19 bits per heavy atom. The van der Waals surface area contributed by atoms with Crippen LogP contribution in [0.4, 0.5) is 5.69 Å². The maximum Gasteiger partial charge on any atom is 0.180 e. The molecular formula is C16H27NO3S. The molecule has 0 aromatic heterocycles. The summed E-state index contributed by atoms with van der Waals surface area (Å²) in [7, 11) is -3.20. The molecule has 1 N–H and O–H groups in total. The quantitative estimate of drug-likeness (QED) is 0.673. The largest absolute Gasteiger partial charge is 0.382 e. The van der Waals surface area contributed by atoms with Gasteiger partial charge in [-0.05, 0) is 30.9 Å². The van der Waals surface area contributed by atoms with E-state index in [4.69, 9.17) is 4.74 Å². The zero-order valence-electron chi connectivity index (χ0n) is 13.3. The first-order valence-corrected chi connectivity index (χ1v) is 9.26. The van der Waals surface area contributed by atoms with E-state index in [1.54, 1.807) is 18.2 Å². The lowest BCUT2D eigenvalue weighted by molar-refractivity contribution is 0.132. The van der Waals surface area contributed by atoms with Crippen LogP contribution in [-0.4, -0.2) is 33.9 Å². The second-order valence-corrected chi connectivity index (χ2v) is 7.61. The monoisotopic (exact) mass is 313 g/mol. The Balaban J connectivity index is 2.52. The first-order chi connectivity index (χ1) is 9.97. The number of ether oxygens (including phenoxy) is 1. The highest BCUT2D eigenvalue weighted by Gasteiger charge is 2.16. The number of hydrogen-bond acceptors (Lipinski definition) is 4. The molecular weight excluding hydrogens is 286 g/mol. The van der Waals surface area contributed by atoms with Gasteiger partial charge in [0.1, 0.15) is 0 Å². The van der Waals surface area contributed by atoms with E-state index in [1.807, 2.05) is 13.0 Å². The number of benzene rings is 1. The summed E-state index contributed by atoms with van der Waals surface area (Å²) in [6.07, 6.45) is 1.66. The van der Waals surface area contributed by atoms with Gasteiger partial charge in [0.05, 0.1) is 22.9 Å². The van der Waals surface area contributed by atoms with Gasteiger partial charge in [0.2, 0.25) is 0 Å². The smallest absolute Gasteiger partial charge is 0.180 e. The third kappa shape index (κ3) is 6.48. The molecule has 0 radical (unpaired) electrons. The van der Waals surface area contributed by atoms with Crippen LogP contribution in [0.2, 0.25) is 0 Å². The molecule has 0 atom stereocenters. The molecule has 0 aliphatic heterocycles. The number of sulfone groups is 1. The number of para-hydroxylation sites is 1. The van der Waals surface area contributed by atoms with Crippen molar-refractivity contribution < 1.29 is 13.2 Å². The molecule has 1 aromatic carbocycles. The maximum absolute atomic E-state index is 12.2. The third-order valence-corrected chi connectivity index (χ3v) is 5.07. The van der Waals surface area contributed by atoms with Crippen molar-refractivity contribution in [3.8, 4) is 0 Å². The minimum absolute atomic E-state index is 0.177. The van der Waals surface area contributed by atoms with Gasteiger partial charge in [0, 0.05) is 13.2 Å². The van der Waals surface area contributed by atoms with Gasteiger partial charge >= 0.3 is 0 Å². The van der Waals surface area contributed by atoms with Crippen LogP contribution in [0.25, 0.3) is 0 Å². The molecule has 0 saturated carbocycles. The van der Waals surface area contributed by atoms with Crippen molar-refractivity contribution in [2.45, 2.75) is 38.5 Å². The van der Waals surface area contributed by atoms with Crippen LogP contribution in [0, 0.1) is 5.92 Å². The molecule has 21 heavy (non-hydrogen) atoms. The van der Waals surface area contributed by atoms with E-state index >= 15 is 0 Å². The first-order valence-electron chi connectivity index (χ1n) is 7.60. The molecule has 1 aromatic rings. The molecule has 0 amide bonds. The molecule has 5 heteroatoms. The lowest BCUT2D eigenvalue weighted by Gasteiger charge is -2.12. The normalized spacial score (nSPS) is 11.8. The molecule has 0 unspecified atom stereocenters. The summed E-state index contributed by atoms with van der Waals surface area (Å²) in [5.74, 6) is 0.814. The molecule has 0 aliphatic carbocycles. The van der Waals surface area contributed by atoms with Crippen LogP contribution in [0.1, 0.15) is 33.6 Å². The van der Waals surface area contributed by atoms with Crippen LogP contribution in [0.15, 0.2) is 29.2 Å². The Morgan fingerprint density at radius 2 is 1.90 bits per heavy atom. The van der Waals surface area contributed by atoms with E-state index in [1.165, 1.54) is 0 Å². The Bertz CT molecular complexity index is 512. The van der Waals surface area contributed by atoms with Gasteiger partial charge in [0.25, 0.3) is 0 Å². The predicted octanol–water partition coefficient (Wildman–Crippen LogP) is 3.34. The van der Waals surface area contributed by atoms with Crippen LogP contribution in [-0.2, 0) is 14.6 Å². The molecule has 0 spiro atoms. The predicted molar refractivity (Wildman–Crippen MR) is 87.5 cm³/mol. The number of anilines is 1. The second-order valence-electron chi connectivity index (χ2n) is 5.54. The van der Waals surface area contributed by atoms with Crippen molar-refractivity contribution in [3.63, 3.8) is 0 Å². The zero-order chi connectivity index (χ0) is 15.7. The Labute approximate surface area is 128 Å². The fourth-order valence-corrected chi connectivity index (χ4v) is 3.46. The summed E-state index contributed by atoms with van der Waals surface area (Å²) < 4.78 is 29.9. The van der Waals surface area contributed by atoms with Crippen LogP contribution >= 0.6 is 0 Å². The average Bonchev–Trinajstić information content (AvgIpc) is 2.42. The van der Waals surface area contributed by atoms with E-state index in [0.29, 0.717) is 36.1 Å². The van der Waals surface area contributed by atoms with Gasteiger partial charge in [-0.3, -0.25) is 0 Å². The van der Waals surface area contributed by atoms with E-state index < -0.39 is 9.84 Å². The Kier molecular flexibility index (Phi) is 7.75. The summed E-state index contributed by atoms with van der Waals surface area (Å²) in [6, 6.07) is 7.06. The number of rotatable bonds is 10. The van der Waals surface area contributed by atoms with Crippen LogP contribution in [0.3, 0.4) is 0 Å². The minimum atomic E-state index is -3.20. The van der Waals surface area contributed by atoms with Gasteiger partial charge < -0.3 is 10.1 Å². The second kappa shape index (κ2) is 9.05. The molecule has 1 rings (SSSR count). The van der Waals surface area contributed by atoms with E-state index in [0.717, 1.165) is 13.0 Å². The van der Waals surface area contributed by atoms with E-state index in [9.17, 15) is 8.42 Å². The van der Waals surface area contributed by atoms with Crippen molar-refractivity contribution >= 4 is 15.5 Å². The molecule has 4 nitrogen and oxygen atoms in total. The number of nitrogens with one attached hydrogen (secondary N) is 1. The van der Waals surface area contributed by atoms with Gasteiger partial charge in [-0.25, -0.2) is 8.42 Å². The van der Waals surface area contributed by atoms with Crippen molar-refractivity contribution in [1.82, 2.24) is 0 Å². The van der Waals surface area contributed by atoms with Gasteiger partial charge in [0.15, 0.2) is 9.84 Å². The summed E-state index contributed by atoms with van der Waals surface area (Å²) in [4.78, 5) is 0.383. The Hall–Kier alpha value is -1.07. The SMILES string of the molecule is CCCS(=O)(=O)c1ccccc1NCCOCCC(C)C. The minimum Gasteiger partial charge on any atom is -0.382 e. The highest BCUT2D eigenvalue weighted by Crippen LogP contribution is 2.22. The molecule has 0 bridgehead atoms. The highest BCUT2D eigenvalue weighted by atomic mass is 32.2. The van der Waals surface area contributed by atoms with Crippen molar-refractivity contribution in [2.24, 2.45) is 5.92 Å². The van der Waals surface area contributed by atoms with Gasteiger partial charge in [-0.1, -0.05) is 32.9 Å². The lowest BCUT2D eigenvalue weighted by atomic mass is 10.1. The summed E-state index contributed by atoms with van der Waals surface area (Å²) in [6.45, 7) is 8.13. The molecule has 0 heterocycles. The molecule has 120 valence electrons. The molecule has 0 aliphatic rings. The van der Waals surface area contributed by atoms with E-state index in [2.05, 4.69) is 19.2 Å². The number of hydrogen-bond donors (Lipinski definition) is 1. The summed E-state index contributed by atoms with van der Waals surface area (Å²) >= 11 is 0. The van der Waals surface area contributed by atoms with Crippen LogP contribution < -0.4 is 5.32 Å². The zero-order valence-corrected chi connectivity index (χ0v) is 14.1. The molecule has 0 fully saturated rings. The van der Waals surface area contributed by atoms with Crippen LogP contribution in [0.5, 0.6) is 0 Å². The molecule has 0 saturated heterocycles. The maximum atomic E-state index is 12.2. The summed E-state index contributed by atoms with van der Waals surface area (Å²) in [5, 5.41) is 3.16. The fourth-order valence-electron chi connectivity index (χ4n) is 1.94. The van der Waals surface area contributed by atoms with Crippen molar-refractivity contribution in [1.29, 1.82) is 0 Å². The lowest BCUT2D eigenvalue weighted by Crippen LogP contribution is -2.14.